The lowest BCUT2D eigenvalue weighted by Gasteiger charge is -2.08. The molecule has 20 heavy (non-hydrogen) atoms. The SMILES string of the molecule is CCNC(=O)c1cccc(OCc2c(C)noc2C)c1. The number of hydrogen-bond donors (Lipinski definition) is 1. The Morgan fingerprint density at radius 2 is 2.20 bits per heavy atom. The number of nitrogens with zero attached hydrogens (tertiary/aromatic N) is 1. The molecule has 0 bridgehead atoms. The highest BCUT2D eigenvalue weighted by atomic mass is 16.5. The van der Waals surface area contributed by atoms with Crippen LogP contribution in [-0.2, 0) is 6.61 Å². The van der Waals surface area contributed by atoms with Gasteiger partial charge in [0, 0.05) is 12.1 Å². The van der Waals surface area contributed by atoms with Crippen molar-refractivity contribution in [1.29, 1.82) is 0 Å². The van der Waals surface area contributed by atoms with E-state index in [9.17, 15) is 4.79 Å². The summed E-state index contributed by atoms with van der Waals surface area (Å²) < 4.78 is 10.8. The third-order valence-corrected chi connectivity index (χ3v) is 3.00. The van der Waals surface area contributed by atoms with Gasteiger partial charge in [-0.2, -0.15) is 0 Å². The van der Waals surface area contributed by atoms with Gasteiger partial charge in [0.25, 0.3) is 5.91 Å². The minimum atomic E-state index is -0.102. The van der Waals surface area contributed by atoms with Gasteiger partial charge in [-0.3, -0.25) is 4.79 Å². The van der Waals surface area contributed by atoms with E-state index in [0.717, 1.165) is 17.0 Å². The molecular formula is C15H18N2O3. The van der Waals surface area contributed by atoms with Gasteiger partial charge in [-0.25, -0.2) is 0 Å². The Morgan fingerprint density at radius 3 is 2.85 bits per heavy atom. The molecule has 1 N–H and O–H groups in total. The number of hydrogen-bond acceptors (Lipinski definition) is 4. The first-order chi connectivity index (χ1) is 9.61. The lowest BCUT2D eigenvalue weighted by Crippen LogP contribution is -2.22. The average Bonchev–Trinajstić information content (AvgIpc) is 2.76. The van der Waals surface area contributed by atoms with Gasteiger partial charge in [0.05, 0.1) is 11.3 Å². The molecule has 1 aromatic heterocycles. The Kier molecular flexibility index (Phi) is 4.40. The van der Waals surface area contributed by atoms with Crippen molar-refractivity contribution in [1.82, 2.24) is 10.5 Å². The van der Waals surface area contributed by atoms with Crippen LogP contribution in [-0.4, -0.2) is 17.6 Å². The number of ether oxygens (including phenoxy) is 1. The molecule has 0 spiro atoms. The summed E-state index contributed by atoms with van der Waals surface area (Å²) in [5, 5.41) is 6.64. The largest absolute Gasteiger partial charge is 0.489 e. The Morgan fingerprint density at radius 1 is 1.40 bits per heavy atom. The van der Waals surface area contributed by atoms with Crippen LogP contribution in [0.15, 0.2) is 28.8 Å². The van der Waals surface area contributed by atoms with Crippen molar-refractivity contribution in [2.24, 2.45) is 0 Å². The van der Waals surface area contributed by atoms with Gasteiger partial charge in [-0.05, 0) is 39.0 Å². The van der Waals surface area contributed by atoms with E-state index < -0.39 is 0 Å². The fraction of sp³-hybridized carbons (Fsp3) is 0.333. The predicted molar refractivity (Wildman–Crippen MR) is 74.8 cm³/mol. The molecule has 0 saturated carbocycles. The van der Waals surface area contributed by atoms with Crippen LogP contribution in [0.1, 0.15) is 34.3 Å². The zero-order valence-corrected chi connectivity index (χ0v) is 11.9. The number of benzene rings is 1. The van der Waals surface area contributed by atoms with E-state index in [4.69, 9.17) is 9.26 Å². The highest BCUT2D eigenvalue weighted by molar-refractivity contribution is 5.94. The second-order valence-corrected chi connectivity index (χ2v) is 4.48. The minimum Gasteiger partial charge on any atom is -0.489 e. The zero-order valence-electron chi connectivity index (χ0n) is 11.9. The first-order valence-corrected chi connectivity index (χ1v) is 6.54. The van der Waals surface area contributed by atoms with Crippen LogP contribution in [0.3, 0.4) is 0 Å². The van der Waals surface area contributed by atoms with Gasteiger partial charge in [-0.1, -0.05) is 11.2 Å². The molecule has 5 nitrogen and oxygen atoms in total. The first kappa shape index (κ1) is 14.1. The molecule has 0 aliphatic carbocycles. The molecule has 0 aliphatic heterocycles. The van der Waals surface area contributed by atoms with E-state index in [1.54, 1.807) is 18.2 Å². The van der Waals surface area contributed by atoms with E-state index in [2.05, 4.69) is 10.5 Å². The van der Waals surface area contributed by atoms with Crippen LogP contribution >= 0.6 is 0 Å². The van der Waals surface area contributed by atoms with Gasteiger partial charge in [0.15, 0.2) is 0 Å². The van der Waals surface area contributed by atoms with E-state index in [-0.39, 0.29) is 5.91 Å². The van der Waals surface area contributed by atoms with Crippen LogP contribution in [0.2, 0.25) is 0 Å². The van der Waals surface area contributed by atoms with Crippen molar-refractivity contribution in [3.63, 3.8) is 0 Å². The fourth-order valence-corrected chi connectivity index (χ4v) is 1.85. The topological polar surface area (TPSA) is 64.4 Å². The van der Waals surface area contributed by atoms with E-state index in [1.165, 1.54) is 0 Å². The first-order valence-electron chi connectivity index (χ1n) is 6.54. The summed E-state index contributed by atoms with van der Waals surface area (Å²) in [7, 11) is 0. The monoisotopic (exact) mass is 274 g/mol. The fourth-order valence-electron chi connectivity index (χ4n) is 1.85. The summed E-state index contributed by atoms with van der Waals surface area (Å²) in [4.78, 5) is 11.7. The van der Waals surface area contributed by atoms with Gasteiger partial charge >= 0.3 is 0 Å². The maximum Gasteiger partial charge on any atom is 0.251 e. The van der Waals surface area contributed by atoms with Gasteiger partial charge in [0.2, 0.25) is 0 Å². The van der Waals surface area contributed by atoms with Gasteiger partial charge in [-0.15, -0.1) is 0 Å². The smallest absolute Gasteiger partial charge is 0.251 e. The molecule has 0 aliphatic rings. The molecule has 0 fully saturated rings. The highest BCUT2D eigenvalue weighted by Gasteiger charge is 2.10. The summed E-state index contributed by atoms with van der Waals surface area (Å²) in [5.74, 6) is 1.30. The van der Waals surface area contributed by atoms with Crippen molar-refractivity contribution < 1.29 is 14.1 Å². The molecule has 0 atom stereocenters. The maximum atomic E-state index is 11.7. The number of amides is 1. The Bertz CT molecular complexity index is 585. The van der Waals surface area contributed by atoms with Crippen LogP contribution in [0, 0.1) is 13.8 Å². The normalized spacial score (nSPS) is 10.3. The van der Waals surface area contributed by atoms with Gasteiger partial charge in [0.1, 0.15) is 18.1 Å². The maximum absolute atomic E-state index is 11.7. The summed E-state index contributed by atoms with van der Waals surface area (Å²) in [5.41, 5.74) is 2.35. The minimum absolute atomic E-state index is 0.102. The quantitative estimate of drug-likeness (QED) is 0.910. The standard InChI is InChI=1S/C15H18N2O3/c1-4-16-15(18)12-6-5-7-13(8-12)19-9-14-10(2)17-20-11(14)3/h5-8H,4,9H2,1-3H3,(H,16,18). The molecule has 1 amide bonds. The molecule has 106 valence electrons. The summed E-state index contributed by atoms with van der Waals surface area (Å²) in [6, 6.07) is 7.10. The molecule has 1 aromatic carbocycles. The van der Waals surface area contributed by atoms with Crippen molar-refractivity contribution in [3.8, 4) is 5.75 Å². The molecule has 0 unspecified atom stereocenters. The van der Waals surface area contributed by atoms with Crippen molar-refractivity contribution >= 4 is 5.91 Å². The Labute approximate surface area is 117 Å². The summed E-state index contributed by atoms with van der Waals surface area (Å²) >= 11 is 0. The third kappa shape index (κ3) is 3.17. The lowest BCUT2D eigenvalue weighted by atomic mass is 10.2. The molecule has 0 saturated heterocycles. The Balaban J connectivity index is 2.07. The molecule has 0 radical (unpaired) electrons. The Hall–Kier alpha value is -2.30. The van der Waals surface area contributed by atoms with Crippen LogP contribution in [0.5, 0.6) is 5.75 Å². The van der Waals surface area contributed by atoms with Crippen molar-refractivity contribution in [3.05, 3.63) is 46.8 Å². The molecule has 2 aromatic rings. The van der Waals surface area contributed by atoms with Crippen molar-refractivity contribution in [2.45, 2.75) is 27.4 Å². The molecule has 1 heterocycles. The molecule has 2 rings (SSSR count). The number of aryl methyl sites for hydroxylation is 2. The van der Waals surface area contributed by atoms with Crippen LogP contribution in [0.25, 0.3) is 0 Å². The number of rotatable bonds is 5. The number of aromatic nitrogens is 1. The number of carbonyl (C=O) groups excluding carboxylic acids is 1. The van der Waals surface area contributed by atoms with Gasteiger partial charge < -0.3 is 14.6 Å². The van der Waals surface area contributed by atoms with Crippen LogP contribution < -0.4 is 10.1 Å². The average molecular weight is 274 g/mol. The lowest BCUT2D eigenvalue weighted by molar-refractivity contribution is 0.0955. The highest BCUT2D eigenvalue weighted by Crippen LogP contribution is 2.18. The molecular weight excluding hydrogens is 256 g/mol. The van der Waals surface area contributed by atoms with Crippen molar-refractivity contribution in [2.75, 3.05) is 6.54 Å². The number of carbonyl (C=O) groups is 1. The number of nitrogens with one attached hydrogen (secondary N) is 1. The second-order valence-electron chi connectivity index (χ2n) is 4.48. The molecule has 5 heteroatoms. The summed E-state index contributed by atoms with van der Waals surface area (Å²) in [6.45, 7) is 6.59. The second kappa shape index (κ2) is 6.23. The summed E-state index contributed by atoms with van der Waals surface area (Å²) in [6.07, 6.45) is 0. The predicted octanol–water partition coefficient (Wildman–Crippen LogP) is 2.62. The van der Waals surface area contributed by atoms with E-state index in [0.29, 0.717) is 24.5 Å². The zero-order chi connectivity index (χ0) is 14.5. The van der Waals surface area contributed by atoms with Crippen LogP contribution in [0.4, 0.5) is 0 Å². The van der Waals surface area contributed by atoms with E-state index in [1.807, 2.05) is 26.8 Å². The van der Waals surface area contributed by atoms with E-state index >= 15 is 0 Å². The third-order valence-electron chi connectivity index (χ3n) is 3.00.